The lowest BCUT2D eigenvalue weighted by atomic mass is 9.88. The van der Waals surface area contributed by atoms with Gasteiger partial charge in [-0.05, 0) is 17.7 Å². The predicted molar refractivity (Wildman–Crippen MR) is 44.5 cm³/mol. The zero-order valence-electron chi connectivity index (χ0n) is 6.42. The molecule has 1 aliphatic rings. The Labute approximate surface area is 72.3 Å². The molecule has 0 bridgehead atoms. The maximum atomic E-state index is 9.03. The number of halogens is 1. The van der Waals surface area contributed by atoms with E-state index in [1.807, 2.05) is 6.92 Å². The number of hydrogen-bond acceptors (Lipinski definition) is 3. The molecule has 0 unspecified atom stereocenters. The monoisotopic (exact) mass is 198 g/mol. The van der Waals surface area contributed by atoms with E-state index in [0.717, 1.165) is 6.42 Å². The summed E-state index contributed by atoms with van der Waals surface area (Å²) in [5.41, 5.74) is -0.215. The summed E-state index contributed by atoms with van der Waals surface area (Å²) in [6.45, 7) is 3.12. The van der Waals surface area contributed by atoms with Gasteiger partial charge in [0, 0.05) is 5.41 Å². The van der Waals surface area contributed by atoms with E-state index in [1.165, 1.54) is 0 Å². The summed E-state index contributed by atoms with van der Waals surface area (Å²) in [4.78, 5) is 0. The van der Waals surface area contributed by atoms with Crippen LogP contribution in [0, 0.1) is 5.41 Å². The Bertz CT molecular complexity index is 119. The minimum atomic E-state index is -1.20. The van der Waals surface area contributed by atoms with Crippen LogP contribution in [0.15, 0.2) is 0 Å². The molecule has 0 aliphatic carbocycles. The number of rotatable bonds is 2. The fourth-order valence-electron chi connectivity index (χ4n) is 0.862. The SMILES string of the molecule is CCC1(CO)COP(Cl)OC1. The van der Waals surface area contributed by atoms with Gasteiger partial charge in [0.25, 0.3) is 7.73 Å². The van der Waals surface area contributed by atoms with Gasteiger partial charge >= 0.3 is 0 Å². The topological polar surface area (TPSA) is 38.7 Å². The van der Waals surface area contributed by atoms with Gasteiger partial charge in [-0.1, -0.05) is 6.92 Å². The van der Waals surface area contributed by atoms with Crippen molar-refractivity contribution in [2.24, 2.45) is 5.41 Å². The van der Waals surface area contributed by atoms with Crippen molar-refractivity contribution < 1.29 is 14.2 Å². The van der Waals surface area contributed by atoms with Crippen LogP contribution in [-0.4, -0.2) is 24.9 Å². The second kappa shape index (κ2) is 4.01. The lowest BCUT2D eigenvalue weighted by Gasteiger charge is -2.35. The van der Waals surface area contributed by atoms with Crippen LogP contribution in [0.3, 0.4) is 0 Å². The summed E-state index contributed by atoms with van der Waals surface area (Å²) in [5, 5.41) is 9.03. The molecule has 5 heteroatoms. The minimum absolute atomic E-state index is 0.101. The van der Waals surface area contributed by atoms with Crippen LogP contribution in [0.25, 0.3) is 0 Å². The van der Waals surface area contributed by atoms with Crippen LogP contribution in [0.1, 0.15) is 13.3 Å². The molecule has 66 valence electrons. The number of aliphatic hydroxyl groups is 1. The molecule has 0 aromatic heterocycles. The number of aliphatic hydroxyl groups excluding tert-OH is 1. The third-order valence-electron chi connectivity index (χ3n) is 2.03. The third-order valence-corrected chi connectivity index (χ3v) is 3.28. The molecule has 1 aliphatic heterocycles. The summed E-state index contributed by atoms with van der Waals surface area (Å²) in [7, 11) is -1.20. The summed E-state index contributed by atoms with van der Waals surface area (Å²) < 4.78 is 10.2. The summed E-state index contributed by atoms with van der Waals surface area (Å²) >= 11 is 5.60. The molecule has 1 rings (SSSR count). The molecule has 0 saturated carbocycles. The van der Waals surface area contributed by atoms with Crippen LogP contribution < -0.4 is 0 Å². The first-order valence-corrected chi connectivity index (χ1v) is 5.63. The molecule has 0 aromatic carbocycles. The van der Waals surface area contributed by atoms with E-state index >= 15 is 0 Å². The molecular weight excluding hydrogens is 186 g/mol. The van der Waals surface area contributed by atoms with E-state index in [1.54, 1.807) is 0 Å². The van der Waals surface area contributed by atoms with Crippen LogP contribution in [-0.2, 0) is 9.05 Å². The second-order valence-electron chi connectivity index (χ2n) is 2.77. The Morgan fingerprint density at radius 1 is 1.55 bits per heavy atom. The number of hydrogen-bond donors (Lipinski definition) is 1. The van der Waals surface area contributed by atoms with Crippen molar-refractivity contribution in [3.8, 4) is 0 Å². The van der Waals surface area contributed by atoms with Gasteiger partial charge in [0.1, 0.15) is 0 Å². The van der Waals surface area contributed by atoms with Gasteiger partial charge in [-0.15, -0.1) is 0 Å². The Morgan fingerprint density at radius 2 is 2.09 bits per heavy atom. The van der Waals surface area contributed by atoms with Crippen molar-refractivity contribution in [1.82, 2.24) is 0 Å². The van der Waals surface area contributed by atoms with Crippen molar-refractivity contribution in [1.29, 1.82) is 0 Å². The Kier molecular flexibility index (Phi) is 3.53. The van der Waals surface area contributed by atoms with E-state index in [2.05, 4.69) is 0 Å². The molecule has 1 fully saturated rings. The predicted octanol–water partition coefficient (Wildman–Crippen LogP) is 1.89. The fourth-order valence-corrected chi connectivity index (χ4v) is 1.98. The van der Waals surface area contributed by atoms with Gasteiger partial charge in [-0.2, -0.15) is 0 Å². The maximum absolute atomic E-state index is 9.03. The molecule has 1 saturated heterocycles. The van der Waals surface area contributed by atoms with Gasteiger partial charge in [0.05, 0.1) is 19.8 Å². The van der Waals surface area contributed by atoms with Gasteiger partial charge in [0.2, 0.25) is 0 Å². The molecule has 0 amide bonds. The van der Waals surface area contributed by atoms with Crippen LogP contribution in [0.4, 0.5) is 0 Å². The van der Waals surface area contributed by atoms with E-state index in [4.69, 9.17) is 25.4 Å². The zero-order chi connectivity index (χ0) is 8.32. The van der Waals surface area contributed by atoms with E-state index < -0.39 is 7.73 Å². The van der Waals surface area contributed by atoms with Gasteiger partial charge in [-0.25, -0.2) is 0 Å². The van der Waals surface area contributed by atoms with Crippen LogP contribution >= 0.6 is 19.0 Å². The van der Waals surface area contributed by atoms with E-state index in [-0.39, 0.29) is 12.0 Å². The van der Waals surface area contributed by atoms with E-state index in [9.17, 15) is 0 Å². The Hall–Kier alpha value is 0.600. The highest BCUT2D eigenvalue weighted by molar-refractivity contribution is 7.76. The van der Waals surface area contributed by atoms with Crippen molar-refractivity contribution in [3.63, 3.8) is 0 Å². The van der Waals surface area contributed by atoms with Crippen molar-refractivity contribution in [2.45, 2.75) is 13.3 Å². The standard InChI is InChI=1S/C6H12ClO3P/c1-2-6(3-8)4-9-11(7)10-5-6/h8H,2-5H2,1H3. The first kappa shape index (κ1) is 9.69. The first-order chi connectivity index (χ1) is 5.22. The average molecular weight is 199 g/mol. The van der Waals surface area contributed by atoms with Gasteiger partial charge in [0.15, 0.2) is 0 Å². The Morgan fingerprint density at radius 3 is 2.45 bits per heavy atom. The molecule has 11 heavy (non-hydrogen) atoms. The molecule has 1 N–H and O–H groups in total. The maximum Gasteiger partial charge on any atom is 0.276 e. The molecule has 1 heterocycles. The summed E-state index contributed by atoms with van der Waals surface area (Å²) in [6.07, 6.45) is 0.851. The van der Waals surface area contributed by atoms with Gasteiger partial charge in [-0.3, -0.25) is 0 Å². The van der Waals surface area contributed by atoms with Crippen LogP contribution in [0.2, 0.25) is 0 Å². The zero-order valence-corrected chi connectivity index (χ0v) is 8.07. The minimum Gasteiger partial charge on any atom is -0.396 e. The largest absolute Gasteiger partial charge is 0.396 e. The Balaban J connectivity index is 2.45. The fraction of sp³-hybridized carbons (Fsp3) is 1.00. The molecular formula is C6H12ClO3P. The summed E-state index contributed by atoms with van der Waals surface area (Å²) in [5.74, 6) is 0. The van der Waals surface area contributed by atoms with E-state index in [0.29, 0.717) is 13.2 Å². The first-order valence-electron chi connectivity index (χ1n) is 3.55. The van der Waals surface area contributed by atoms with Crippen molar-refractivity contribution >= 4 is 19.0 Å². The molecule has 0 radical (unpaired) electrons. The van der Waals surface area contributed by atoms with Crippen molar-refractivity contribution in [2.75, 3.05) is 19.8 Å². The smallest absolute Gasteiger partial charge is 0.276 e. The highest BCUT2D eigenvalue weighted by atomic mass is 35.7. The molecule has 0 spiro atoms. The quantitative estimate of drug-likeness (QED) is 0.689. The van der Waals surface area contributed by atoms with Crippen molar-refractivity contribution in [3.05, 3.63) is 0 Å². The molecule has 0 aromatic rings. The molecule has 3 nitrogen and oxygen atoms in total. The second-order valence-corrected chi connectivity index (χ2v) is 4.54. The molecule has 0 atom stereocenters. The third kappa shape index (κ3) is 2.27. The average Bonchev–Trinajstić information content (AvgIpc) is 2.07. The summed E-state index contributed by atoms with van der Waals surface area (Å²) in [6, 6.07) is 0. The van der Waals surface area contributed by atoms with Gasteiger partial charge < -0.3 is 14.2 Å². The van der Waals surface area contributed by atoms with Crippen LogP contribution in [0.5, 0.6) is 0 Å². The lowest BCUT2D eigenvalue weighted by molar-refractivity contribution is -0.00715. The normalized spacial score (nSPS) is 39.0. The lowest BCUT2D eigenvalue weighted by Crippen LogP contribution is -2.36. The highest BCUT2D eigenvalue weighted by Gasteiger charge is 2.34. The highest BCUT2D eigenvalue weighted by Crippen LogP contribution is 2.50.